The normalized spacial score (nSPS) is 10.7. The molecule has 238 valence electrons. The highest BCUT2D eigenvalue weighted by Crippen LogP contribution is 2.35. The first-order chi connectivity index (χ1) is 23.2. The topological polar surface area (TPSA) is 34.0 Å². The van der Waals surface area contributed by atoms with E-state index in [1.165, 1.54) is 50.4 Å². The zero-order chi connectivity index (χ0) is 33.6. The zero-order valence-electron chi connectivity index (χ0n) is 28.6. The van der Waals surface area contributed by atoms with Gasteiger partial charge in [-0.1, -0.05) is 130 Å². The number of hydrogen-bond donors (Lipinski definition) is 0. The SMILES string of the molecule is Cc1ccc(-c2nnc(-c3ccc(C)cc3)n2-c2ccc(C)cc2)cc1.Cc1ccc(N(c2ccc(C)cc2)c2ccc(C)cc2)cc1. The van der Waals surface area contributed by atoms with Crippen LogP contribution in [0.15, 0.2) is 146 Å². The molecule has 6 aromatic carbocycles. The monoisotopic (exact) mass is 626 g/mol. The number of aromatic nitrogens is 3. The van der Waals surface area contributed by atoms with Crippen molar-refractivity contribution in [3.8, 4) is 28.5 Å². The largest absolute Gasteiger partial charge is 0.311 e. The lowest BCUT2D eigenvalue weighted by molar-refractivity contribution is 1.07. The van der Waals surface area contributed by atoms with Gasteiger partial charge in [0.2, 0.25) is 0 Å². The van der Waals surface area contributed by atoms with E-state index in [1.807, 2.05) is 0 Å². The Kier molecular flexibility index (Phi) is 9.63. The molecule has 0 atom stereocenters. The second-order valence-electron chi connectivity index (χ2n) is 12.6. The Morgan fingerprint density at radius 3 is 0.875 bits per heavy atom. The lowest BCUT2D eigenvalue weighted by Crippen LogP contribution is -2.09. The lowest BCUT2D eigenvalue weighted by Gasteiger charge is -2.25. The van der Waals surface area contributed by atoms with Gasteiger partial charge in [0.1, 0.15) is 0 Å². The van der Waals surface area contributed by atoms with Gasteiger partial charge in [-0.2, -0.15) is 0 Å². The number of aryl methyl sites for hydroxylation is 6. The minimum Gasteiger partial charge on any atom is -0.311 e. The molecule has 0 aliphatic heterocycles. The summed E-state index contributed by atoms with van der Waals surface area (Å²) in [6, 6.07) is 51.3. The first kappa shape index (κ1) is 32.2. The van der Waals surface area contributed by atoms with Crippen molar-refractivity contribution in [3.63, 3.8) is 0 Å². The van der Waals surface area contributed by atoms with Crippen LogP contribution in [0.4, 0.5) is 17.1 Å². The molecule has 0 unspecified atom stereocenters. The van der Waals surface area contributed by atoms with Gasteiger partial charge in [0.05, 0.1) is 0 Å². The first-order valence-corrected chi connectivity index (χ1v) is 16.4. The Morgan fingerprint density at radius 2 is 0.583 bits per heavy atom. The Morgan fingerprint density at radius 1 is 0.333 bits per heavy atom. The van der Waals surface area contributed by atoms with Crippen molar-refractivity contribution >= 4 is 17.1 Å². The van der Waals surface area contributed by atoms with E-state index >= 15 is 0 Å². The number of rotatable bonds is 6. The average molecular weight is 627 g/mol. The van der Waals surface area contributed by atoms with E-state index in [0.29, 0.717) is 0 Å². The fourth-order valence-electron chi connectivity index (χ4n) is 5.53. The molecule has 0 fully saturated rings. The Hall–Kier alpha value is -5.74. The van der Waals surface area contributed by atoms with Crippen molar-refractivity contribution in [1.29, 1.82) is 0 Å². The van der Waals surface area contributed by atoms with Gasteiger partial charge in [-0.15, -0.1) is 10.2 Å². The van der Waals surface area contributed by atoms with Gasteiger partial charge in [-0.3, -0.25) is 4.57 Å². The van der Waals surface area contributed by atoms with Crippen LogP contribution in [-0.2, 0) is 0 Å². The molecule has 48 heavy (non-hydrogen) atoms. The molecular formula is C44H42N4. The maximum Gasteiger partial charge on any atom is 0.168 e. The van der Waals surface area contributed by atoms with Crippen molar-refractivity contribution in [1.82, 2.24) is 14.8 Å². The summed E-state index contributed by atoms with van der Waals surface area (Å²) in [4.78, 5) is 2.29. The van der Waals surface area contributed by atoms with E-state index in [9.17, 15) is 0 Å². The Labute approximate surface area is 285 Å². The van der Waals surface area contributed by atoms with Crippen LogP contribution in [0.2, 0.25) is 0 Å². The fraction of sp³-hybridized carbons (Fsp3) is 0.136. The molecule has 4 heteroatoms. The molecule has 7 rings (SSSR count). The first-order valence-electron chi connectivity index (χ1n) is 16.4. The van der Waals surface area contributed by atoms with Gasteiger partial charge in [-0.05, 0) is 90.1 Å². The van der Waals surface area contributed by atoms with Crippen LogP contribution in [0.3, 0.4) is 0 Å². The van der Waals surface area contributed by atoms with Crippen LogP contribution in [0.5, 0.6) is 0 Å². The van der Waals surface area contributed by atoms with Crippen molar-refractivity contribution in [3.05, 3.63) is 179 Å². The third-order valence-electron chi connectivity index (χ3n) is 8.45. The molecule has 0 aliphatic carbocycles. The summed E-state index contributed by atoms with van der Waals surface area (Å²) >= 11 is 0. The van der Waals surface area contributed by atoms with Crippen molar-refractivity contribution < 1.29 is 0 Å². The number of benzene rings is 6. The lowest BCUT2D eigenvalue weighted by atomic mass is 10.1. The molecule has 0 aliphatic rings. The Bertz CT molecular complexity index is 1900. The zero-order valence-corrected chi connectivity index (χ0v) is 28.6. The molecule has 0 bridgehead atoms. The van der Waals surface area contributed by atoms with Crippen LogP contribution >= 0.6 is 0 Å². The molecule has 4 nitrogen and oxygen atoms in total. The molecule has 7 aromatic rings. The van der Waals surface area contributed by atoms with Gasteiger partial charge in [0.15, 0.2) is 11.6 Å². The highest BCUT2D eigenvalue weighted by atomic mass is 15.3. The van der Waals surface area contributed by atoms with E-state index < -0.39 is 0 Å². The maximum absolute atomic E-state index is 4.53. The van der Waals surface area contributed by atoms with Crippen LogP contribution < -0.4 is 4.90 Å². The second kappa shape index (κ2) is 14.4. The average Bonchev–Trinajstić information content (AvgIpc) is 3.54. The van der Waals surface area contributed by atoms with Crippen LogP contribution in [0.25, 0.3) is 28.5 Å². The quantitative estimate of drug-likeness (QED) is 0.184. The third kappa shape index (κ3) is 7.45. The van der Waals surface area contributed by atoms with Gasteiger partial charge >= 0.3 is 0 Å². The van der Waals surface area contributed by atoms with Gasteiger partial charge < -0.3 is 4.90 Å². The summed E-state index contributed by atoms with van der Waals surface area (Å²) in [7, 11) is 0. The third-order valence-corrected chi connectivity index (χ3v) is 8.45. The highest BCUT2D eigenvalue weighted by molar-refractivity contribution is 5.76. The molecular weight excluding hydrogens is 585 g/mol. The molecule has 1 heterocycles. The Balaban J connectivity index is 0.000000170. The summed E-state index contributed by atoms with van der Waals surface area (Å²) < 4.78 is 2.13. The van der Waals surface area contributed by atoms with E-state index in [2.05, 4.69) is 207 Å². The number of anilines is 3. The maximum atomic E-state index is 4.53. The summed E-state index contributed by atoms with van der Waals surface area (Å²) in [6.45, 7) is 12.6. The van der Waals surface area contributed by atoms with Crippen LogP contribution in [0, 0.1) is 41.5 Å². The number of nitrogens with zero attached hydrogens (tertiary/aromatic N) is 4. The fourth-order valence-corrected chi connectivity index (χ4v) is 5.53. The minimum absolute atomic E-state index is 0.851. The summed E-state index contributed by atoms with van der Waals surface area (Å²) in [5.74, 6) is 1.70. The van der Waals surface area contributed by atoms with Crippen LogP contribution in [0.1, 0.15) is 33.4 Å². The molecule has 0 saturated heterocycles. The van der Waals surface area contributed by atoms with Crippen LogP contribution in [-0.4, -0.2) is 14.8 Å². The van der Waals surface area contributed by atoms with Crippen molar-refractivity contribution in [2.24, 2.45) is 0 Å². The van der Waals surface area contributed by atoms with Gasteiger partial charge in [0.25, 0.3) is 0 Å². The van der Waals surface area contributed by atoms with Gasteiger partial charge in [-0.25, -0.2) is 0 Å². The summed E-state index contributed by atoms with van der Waals surface area (Å²) in [5.41, 5.74) is 14.2. The van der Waals surface area contributed by atoms with Gasteiger partial charge in [0, 0.05) is 33.9 Å². The standard InChI is InChI=1S/C23H21N3.C21H21N/c1-16-4-10-19(11-5-16)22-24-25-23(20-12-6-17(2)7-13-20)26(22)21-14-8-18(3)9-15-21;1-16-4-10-19(11-5-16)22(20-12-6-17(2)7-13-20)21-14-8-18(3)9-15-21/h4-15H,1-3H3;4-15H,1-3H3. The van der Waals surface area contributed by atoms with E-state index in [1.54, 1.807) is 0 Å². The molecule has 0 radical (unpaired) electrons. The summed E-state index contributed by atoms with van der Waals surface area (Å²) in [6.07, 6.45) is 0. The predicted molar refractivity (Wildman–Crippen MR) is 202 cm³/mol. The molecule has 0 saturated carbocycles. The van der Waals surface area contributed by atoms with E-state index in [0.717, 1.165) is 28.5 Å². The highest BCUT2D eigenvalue weighted by Gasteiger charge is 2.17. The predicted octanol–water partition coefficient (Wildman–Crippen LogP) is 11.6. The molecule has 0 amide bonds. The number of hydrogen-bond acceptors (Lipinski definition) is 3. The second-order valence-corrected chi connectivity index (χ2v) is 12.6. The van der Waals surface area contributed by atoms with Crippen molar-refractivity contribution in [2.45, 2.75) is 41.5 Å². The summed E-state index contributed by atoms with van der Waals surface area (Å²) in [5, 5.41) is 9.05. The molecule has 1 aromatic heterocycles. The smallest absolute Gasteiger partial charge is 0.168 e. The molecule has 0 spiro atoms. The molecule has 0 N–H and O–H groups in total. The van der Waals surface area contributed by atoms with Crippen molar-refractivity contribution in [2.75, 3.05) is 4.90 Å². The minimum atomic E-state index is 0.851. The van der Waals surface area contributed by atoms with E-state index in [-0.39, 0.29) is 0 Å². The van der Waals surface area contributed by atoms with E-state index in [4.69, 9.17) is 0 Å².